The number of nitriles is 1. The van der Waals surface area contributed by atoms with Crippen LogP contribution in [0.1, 0.15) is 11.3 Å². The third-order valence-electron chi connectivity index (χ3n) is 2.94. The van der Waals surface area contributed by atoms with Crippen LogP contribution in [0.5, 0.6) is 5.75 Å². The first-order valence-electron chi connectivity index (χ1n) is 5.89. The number of aromatic nitrogens is 1. The molecule has 2 aromatic rings. The van der Waals surface area contributed by atoms with E-state index >= 15 is 0 Å². The molecule has 0 aliphatic heterocycles. The van der Waals surface area contributed by atoms with Crippen molar-refractivity contribution in [3.63, 3.8) is 0 Å². The average Bonchev–Trinajstić information content (AvgIpc) is 2.42. The molecule has 0 aliphatic rings. The van der Waals surface area contributed by atoms with E-state index in [1.807, 2.05) is 41.8 Å². The van der Waals surface area contributed by atoms with Crippen molar-refractivity contribution in [2.75, 3.05) is 7.11 Å². The zero-order valence-corrected chi connectivity index (χ0v) is 10.9. The standard InChI is InChI=1S/C15H14N2O2/c1-11-9-15(18)12(7-8-16)10-17(11)13-3-5-14(19-2)6-4-13/h3-6,9-10H,7H2,1-2H3. The molecule has 4 nitrogen and oxygen atoms in total. The summed E-state index contributed by atoms with van der Waals surface area (Å²) in [6.45, 7) is 1.86. The van der Waals surface area contributed by atoms with Crippen LogP contribution < -0.4 is 10.2 Å². The van der Waals surface area contributed by atoms with Crippen molar-refractivity contribution in [3.8, 4) is 17.5 Å². The van der Waals surface area contributed by atoms with Crippen LogP contribution in [0, 0.1) is 18.3 Å². The van der Waals surface area contributed by atoms with Crippen LogP contribution in [0.3, 0.4) is 0 Å². The monoisotopic (exact) mass is 254 g/mol. The van der Waals surface area contributed by atoms with Crippen LogP contribution in [0.25, 0.3) is 5.69 Å². The molecule has 0 radical (unpaired) electrons. The van der Waals surface area contributed by atoms with Crippen LogP contribution >= 0.6 is 0 Å². The predicted octanol–water partition coefficient (Wildman–Crippen LogP) is 2.22. The molecule has 0 spiro atoms. The number of ether oxygens (including phenoxy) is 1. The molecule has 0 amide bonds. The summed E-state index contributed by atoms with van der Waals surface area (Å²) in [5, 5.41) is 8.73. The zero-order valence-electron chi connectivity index (χ0n) is 10.9. The molecular weight excluding hydrogens is 240 g/mol. The molecule has 0 bridgehead atoms. The van der Waals surface area contributed by atoms with Gasteiger partial charge >= 0.3 is 0 Å². The molecule has 0 saturated carbocycles. The molecule has 19 heavy (non-hydrogen) atoms. The number of rotatable bonds is 3. The Labute approximate surface area is 111 Å². The molecule has 4 heteroatoms. The third kappa shape index (κ3) is 2.66. The largest absolute Gasteiger partial charge is 0.497 e. The highest BCUT2D eigenvalue weighted by Gasteiger charge is 2.05. The van der Waals surface area contributed by atoms with Crippen LogP contribution in [0.4, 0.5) is 0 Å². The van der Waals surface area contributed by atoms with E-state index in [-0.39, 0.29) is 11.8 Å². The average molecular weight is 254 g/mol. The van der Waals surface area contributed by atoms with E-state index in [1.165, 1.54) is 0 Å². The van der Waals surface area contributed by atoms with Gasteiger partial charge in [-0.05, 0) is 31.2 Å². The molecule has 96 valence electrons. The van der Waals surface area contributed by atoms with E-state index in [0.29, 0.717) is 5.56 Å². The lowest BCUT2D eigenvalue weighted by Crippen LogP contribution is -2.13. The minimum Gasteiger partial charge on any atom is -0.497 e. The Bertz CT molecular complexity index is 679. The summed E-state index contributed by atoms with van der Waals surface area (Å²) in [6, 6.07) is 11.1. The van der Waals surface area contributed by atoms with Gasteiger partial charge in [-0.1, -0.05) is 0 Å². The predicted molar refractivity (Wildman–Crippen MR) is 72.6 cm³/mol. The Kier molecular flexibility index (Phi) is 3.67. The summed E-state index contributed by atoms with van der Waals surface area (Å²) in [4.78, 5) is 11.7. The smallest absolute Gasteiger partial charge is 0.186 e. The van der Waals surface area contributed by atoms with Gasteiger partial charge in [-0.25, -0.2) is 0 Å². The molecule has 2 rings (SSSR count). The third-order valence-corrected chi connectivity index (χ3v) is 2.94. The van der Waals surface area contributed by atoms with E-state index in [1.54, 1.807) is 19.4 Å². The Balaban J connectivity index is 2.51. The molecule has 0 N–H and O–H groups in total. The minimum absolute atomic E-state index is 0.0937. The van der Waals surface area contributed by atoms with Crippen molar-refractivity contribution in [1.82, 2.24) is 4.57 Å². The lowest BCUT2D eigenvalue weighted by atomic mass is 10.2. The maximum atomic E-state index is 11.7. The van der Waals surface area contributed by atoms with Gasteiger partial charge < -0.3 is 9.30 Å². The van der Waals surface area contributed by atoms with Gasteiger partial charge in [-0.15, -0.1) is 0 Å². The van der Waals surface area contributed by atoms with Crippen LogP contribution in [-0.2, 0) is 6.42 Å². The summed E-state index contributed by atoms with van der Waals surface area (Å²) in [6.07, 6.45) is 1.85. The second kappa shape index (κ2) is 5.40. The van der Waals surface area contributed by atoms with E-state index < -0.39 is 0 Å². The van der Waals surface area contributed by atoms with Gasteiger partial charge in [-0.3, -0.25) is 4.79 Å². The van der Waals surface area contributed by atoms with E-state index in [4.69, 9.17) is 10.00 Å². The number of pyridine rings is 1. The fraction of sp³-hybridized carbons (Fsp3) is 0.200. The molecule has 0 fully saturated rings. The number of aryl methyl sites for hydroxylation is 1. The number of nitrogens with zero attached hydrogens (tertiary/aromatic N) is 2. The maximum Gasteiger partial charge on any atom is 0.186 e. The Hall–Kier alpha value is -2.54. The zero-order chi connectivity index (χ0) is 13.8. The van der Waals surface area contributed by atoms with Gasteiger partial charge in [0.15, 0.2) is 5.43 Å². The summed E-state index contributed by atoms with van der Waals surface area (Å²) in [7, 11) is 1.62. The molecule has 1 aromatic heterocycles. The number of benzene rings is 1. The second-order valence-corrected chi connectivity index (χ2v) is 4.21. The van der Waals surface area contributed by atoms with Gasteiger partial charge in [0.1, 0.15) is 5.75 Å². The summed E-state index contributed by atoms with van der Waals surface area (Å²) in [5.41, 5.74) is 2.17. The highest BCUT2D eigenvalue weighted by molar-refractivity contribution is 5.40. The van der Waals surface area contributed by atoms with Crippen molar-refractivity contribution >= 4 is 0 Å². The van der Waals surface area contributed by atoms with Gasteiger partial charge in [0.25, 0.3) is 0 Å². The molecule has 1 aromatic carbocycles. The molecule has 0 unspecified atom stereocenters. The molecular formula is C15H14N2O2. The Morgan fingerprint density at radius 3 is 2.58 bits per heavy atom. The highest BCUT2D eigenvalue weighted by Crippen LogP contribution is 2.16. The van der Waals surface area contributed by atoms with E-state index in [9.17, 15) is 4.79 Å². The van der Waals surface area contributed by atoms with Crippen molar-refractivity contribution < 1.29 is 4.74 Å². The van der Waals surface area contributed by atoms with Crippen LogP contribution in [-0.4, -0.2) is 11.7 Å². The first kappa shape index (κ1) is 12.9. The molecule has 0 atom stereocenters. The second-order valence-electron chi connectivity index (χ2n) is 4.21. The number of hydrogen-bond acceptors (Lipinski definition) is 3. The highest BCUT2D eigenvalue weighted by atomic mass is 16.5. The van der Waals surface area contributed by atoms with E-state index in [2.05, 4.69) is 0 Å². The van der Waals surface area contributed by atoms with Crippen molar-refractivity contribution in [1.29, 1.82) is 5.26 Å². The SMILES string of the molecule is COc1ccc(-n2cc(CC#N)c(=O)cc2C)cc1. The number of hydrogen-bond donors (Lipinski definition) is 0. The Morgan fingerprint density at radius 1 is 1.32 bits per heavy atom. The topological polar surface area (TPSA) is 55.0 Å². The molecule has 0 aliphatic carbocycles. The van der Waals surface area contributed by atoms with Crippen molar-refractivity contribution in [2.24, 2.45) is 0 Å². The lowest BCUT2D eigenvalue weighted by Gasteiger charge is -2.12. The minimum atomic E-state index is -0.0937. The quantitative estimate of drug-likeness (QED) is 0.844. The lowest BCUT2D eigenvalue weighted by molar-refractivity contribution is 0.414. The van der Waals surface area contributed by atoms with Crippen LogP contribution in [0.2, 0.25) is 0 Å². The van der Waals surface area contributed by atoms with Crippen LogP contribution in [0.15, 0.2) is 41.3 Å². The fourth-order valence-electron chi connectivity index (χ4n) is 1.91. The van der Waals surface area contributed by atoms with Crippen molar-refractivity contribution in [3.05, 3.63) is 58.0 Å². The Morgan fingerprint density at radius 2 is 2.00 bits per heavy atom. The fourth-order valence-corrected chi connectivity index (χ4v) is 1.91. The summed E-state index contributed by atoms with van der Waals surface area (Å²) < 4.78 is 7.01. The maximum absolute atomic E-state index is 11.7. The number of methoxy groups -OCH3 is 1. The summed E-state index contributed by atoms with van der Waals surface area (Å²) in [5.74, 6) is 0.777. The van der Waals surface area contributed by atoms with Crippen molar-refractivity contribution in [2.45, 2.75) is 13.3 Å². The van der Waals surface area contributed by atoms with E-state index in [0.717, 1.165) is 17.1 Å². The normalized spacial score (nSPS) is 9.95. The van der Waals surface area contributed by atoms with Gasteiger partial charge in [0.2, 0.25) is 0 Å². The van der Waals surface area contributed by atoms with Gasteiger partial charge in [-0.2, -0.15) is 5.26 Å². The first-order valence-corrected chi connectivity index (χ1v) is 5.89. The molecule has 1 heterocycles. The molecule has 0 saturated heterocycles. The first-order chi connectivity index (χ1) is 9.15. The van der Waals surface area contributed by atoms with Gasteiger partial charge in [0.05, 0.1) is 19.6 Å². The van der Waals surface area contributed by atoms with Gasteiger partial charge in [0, 0.05) is 29.2 Å². The summed E-state index contributed by atoms with van der Waals surface area (Å²) >= 11 is 0.